The van der Waals surface area contributed by atoms with E-state index in [9.17, 15) is 4.79 Å². The van der Waals surface area contributed by atoms with E-state index in [0.717, 1.165) is 19.5 Å². The van der Waals surface area contributed by atoms with Gasteiger partial charge in [-0.05, 0) is 18.9 Å². The number of ether oxygens (including phenoxy) is 1. The van der Waals surface area contributed by atoms with E-state index < -0.39 is 0 Å². The van der Waals surface area contributed by atoms with Gasteiger partial charge in [-0.3, -0.25) is 4.79 Å². The van der Waals surface area contributed by atoms with Crippen LogP contribution in [0.1, 0.15) is 13.3 Å². The Morgan fingerprint density at radius 2 is 2.27 bits per heavy atom. The van der Waals surface area contributed by atoms with Gasteiger partial charge in [-0.25, -0.2) is 0 Å². The topological polar surface area (TPSA) is 38.3 Å². The number of piperidine rings is 1. The van der Waals surface area contributed by atoms with Crippen LogP contribution in [0.2, 0.25) is 0 Å². The predicted molar refractivity (Wildman–Crippen MR) is 42.2 cm³/mol. The number of carbonyl (C=O) groups is 1. The molecule has 0 aromatic heterocycles. The first kappa shape index (κ1) is 8.53. The average molecular weight is 157 g/mol. The largest absolute Gasteiger partial charge is 0.469 e. The van der Waals surface area contributed by atoms with Gasteiger partial charge in [0.1, 0.15) is 0 Å². The Hall–Kier alpha value is -0.570. The zero-order chi connectivity index (χ0) is 8.27. The Morgan fingerprint density at radius 1 is 1.55 bits per heavy atom. The van der Waals surface area contributed by atoms with Crippen LogP contribution in [0.4, 0.5) is 0 Å². The van der Waals surface area contributed by atoms with Gasteiger partial charge in [0.15, 0.2) is 0 Å². The number of nitrogens with one attached hydrogen (secondary N) is 1. The van der Waals surface area contributed by atoms with E-state index in [0.29, 0.717) is 5.92 Å². The Morgan fingerprint density at radius 3 is 2.82 bits per heavy atom. The van der Waals surface area contributed by atoms with E-state index in [4.69, 9.17) is 0 Å². The highest BCUT2D eigenvalue weighted by atomic mass is 16.5. The van der Waals surface area contributed by atoms with Gasteiger partial charge in [0.25, 0.3) is 0 Å². The van der Waals surface area contributed by atoms with E-state index in [-0.39, 0.29) is 11.9 Å². The van der Waals surface area contributed by atoms with Crippen LogP contribution in [0.25, 0.3) is 0 Å². The minimum Gasteiger partial charge on any atom is -0.469 e. The van der Waals surface area contributed by atoms with Crippen molar-refractivity contribution < 1.29 is 9.53 Å². The van der Waals surface area contributed by atoms with Crippen LogP contribution in [0, 0.1) is 11.8 Å². The lowest BCUT2D eigenvalue weighted by Crippen LogP contribution is -2.39. The molecule has 11 heavy (non-hydrogen) atoms. The lowest BCUT2D eigenvalue weighted by molar-refractivity contribution is -0.146. The van der Waals surface area contributed by atoms with Gasteiger partial charge in [0, 0.05) is 6.54 Å². The molecule has 64 valence electrons. The van der Waals surface area contributed by atoms with E-state index >= 15 is 0 Å². The number of hydrogen-bond donors (Lipinski definition) is 1. The van der Waals surface area contributed by atoms with E-state index in [1.54, 1.807) is 0 Å². The van der Waals surface area contributed by atoms with Crippen LogP contribution in [0.3, 0.4) is 0 Å². The van der Waals surface area contributed by atoms with Crippen molar-refractivity contribution in [1.82, 2.24) is 5.32 Å². The van der Waals surface area contributed by atoms with Crippen molar-refractivity contribution in [2.24, 2.45) is 11.8 Å². The quantitative estimate of drug-likeness (QED) is 0.560. The summed E-state index contributed by atoms with van der Waals surface area (Å²) in [7, 11) is 1.45. The van der Waals surface area contributed by atoms with Crippen molar-refractivity contribution in [3.8, 4) is 0 Å². The first-order valence-corrected chi connectivity index (χ1v) is 4.02. The van der Waals surface area contributed by atoms with Crippen LogP contribution in [-0.2, 0) is 9.53 Å². The predicted octanol–water partition coefficient (Wildman–Crippen LogP) is 0.405. The Balaban J connectivity index is 2.39. The minimum atomic E-state index is -0.0796. The third-order valence-electron chi connectivity index (χ3n) is 2.10. The summed E-state index contributed by atoms with van der Waals surface area (Å²) in [5, 5.41) is 3.20. The van der Waals surface area contributed by atoms with Crippen molar-refractivity contribution >= 4 is 5.97 Å². The fourth-order valence-electron chi connectivity index (χ4n) is 1.50. The normalized spacial score (nSPS) is 31.5. The smallest absolute Gasteiger partial charge is 0.309 e. The van der Waals surface area contributed by atoms with Crippen molar-refractivity contribution in [3.05, 3.63) is 0 Å². The Labute approximate surface area is 67.1 Å². The van der Waals surface area contributed by atoms with Gasteiger partial charge >= 0.3 is 5.97 Å². The van der Waals surface area contributed by atoms with E-state index in [1.807, 2.05) is 0 Å². The molecule has 3 heteroatoms. The molecule has 1 rings (SSSR count). The maximum Gasteiger partial charge on any atom is 0.309 e. The van der Waals surface area contributed by atoms with Gasteiger partial charge in [-0.1, -0.05) is 6.92 Å². The highest BCUT2D eigenvalue weighted by molar-refractivity contribution is 5.72. The highest BCUT2D eigenvalue weighted by Crippen LogP contribution is 2.16. The zero-order valence-electron chi connectivity index (χ0n) is 7.09. The van der Waals surface area contributed by atoms with Crippen LogP contribution in [0.15, 0.2) is 0 Å². The molecule has 1 fully saturated rings. The molecular weight excluding hydrogens is 142 g/mol. The van der Waals surface area contributed by atoms with Gasteiger partial charge in [0.05, 0.1) is 13.0 Å². The summed E-state index contributed by atoms with van der Waals surface area (Å²) in [6.07, 6.45) is 0.958. The van der Waals surface area contributed by atoms with E-state index in [1.165, 1.54) is 7.11 Å². The van der Waals surface area contributed by atoms with E-state index in [2.05, 4.69) is 17.0 Å². The van der Waals surface area contributed by atoms with Crippen LogP contribution in [0.5, 0.6) is 0 Å². The zero-order valence-corrected chi connectivity index (χ0v) is 7.09. The summed E-state index contributed by atoms with van der Waals surface area (Å²) < 4.78 is 4.66. The second-order valence-electron chi connectivity index (χ2n) is 3.22. The fourth-order valence-corrected chi connectivity index (χ4v) is 1.50. The molecule has 2 atom stereocenters. The van der Waals surface area contributed by atoms with Gasteiger partial charge in [-0.2, -0.15) is 0 Å². The second-order valence-corrected chi connectivity index (χ2v) is 3.22. The molecule has 0 aliphatic carbocycles. The summed E-state index contributed by atoms with van der Waals surface area (Å²) in [4.78, 5) is 11.1. The third-order valence-corrected chi connectivity index (χ3v) is 2.10. The van der Waals surface area contributed by atoms with Gasteiger partial charge < -0.3 is 10.1 Å². The monoisotopic (exact) mass is 157 g/mol. The van der Waals surface area contributed by atoms with Crippen LogP contribution >= 0.6 is 0 Å². The van der Waals surface area contributed by atoms with Crippen molar-refractivity contribution in [1.29, 1.82) is 0 Å². The standard InChI is InChI=1S/C8H15NO2/c1-6-3-7(5-9-4-6)8(10)11-2/h6-7,9H,3-5H2,1-2H3/t6?,7-/m1/s1. The summed E-state index contributed by atoms with van der Waals surface area (Å²) in [6, 6.07) is 0. The third kappa shape index (κ3) is 2.19. The molecule has 1 N–H and O–H groups in total. The number of hydrogen-bond acceptors (Lipinski definition) is 3. The maximum absolute atomic E-state index is 11.1. The second kappa shape index (κ2) is 3.72. The summed E-state index contributed by atoms with van der Waals surface area (Å²) in [5.41, 5.74) is 0. The summed E-state index contributed by atoms with van der Waals surface area (Å²) >= 11 is 0. The molecule has 1 saturated heterocycles. The Bertz CT molecular complexity index is 147. The summed E-state index contributed by atoms with van der Waals surface area (Å²) in [6.45, 7) is 3.94. The Kier molecular flexibility index (Phi) is 2.88. The lowest BCUT2D eigenvalue weighted by atomic mass is 9.92. The average Bonchev–Trinajstić information content (AvgIpc) is 2.03. The molecule has 0 radical (unpaired) electrons. The van der Waals surface area contributed by atoms with Gasteiger partial charge in [-0.15, -0.1) is 0 Å². The van der Waals surface area contributed by atoms with Crippen LogP contribution in [-0.4, -0.2) is 26.2 Å². The van der Waals surface area contributed by atoms with Gasteiger partial charge in [0.2, 0.25) is 0 Å². The number of methoxy groups -OCH3 is 1. The van der Waals surface area contributed by atoms with Crippen molar-refractivity contribution in [2.45, 2.75) is 13.3 Å². The molecule has 3 nitrogen and oxygen atoms in total. The highest BCUT2D eigenvalue weighted by Gasteiger charge is 2.24. The molecule has 0 aromatic carbocycles. The van der Waals surface area contributed by atoms with Crippen LogP contribution < -0.4 is 5.32 Å². The van der Waals surface area contributed by atoms with Crippen molar-refractivity contribution in [3.63, 3.8) is 0 Å². The van der Waals surface area contributed by atoms with Crippen molar-refractivity contribution in [2.75, 3.05) is 20.2 Å². The molecule has 0 aromatic rings. The first-order valence-electron chi connectivity index (χ1n) is 4.02. The number of carbonyl (C=O) groups excluding carboxylic acids is 1. The molecule has 1 heterocycles. The lowest BCUT2D eigenvalue weighted by Gasteiger charge is -2.25. The fraction of sp³-hybridized carbons (Fsp3) is 0.875. The molecule has 0 amide bonds. The molecule has 0 bridgehead atoms. The SMILES string of the molecule is COC(=O)[C@H]1CNCC(C)C1. The summed E-state index contributed by atoms with van der Waals surface area (Å²) in [5.74, 6) is 0.584. The molecule has 1 aliphatic heterocycles. The molecule has 0 spiro atoms. The molecule has 1 aliphatic rings. The number of rotatable bonds is 1. The first-order chi connectivity index (χ1) is 5.24. The number of esters is 1. The maximum atomic E-state index is 11.1. The molecule has 0 saturated carbocycles. The molecular formula is C8H15NO2. The molecule has 1 unspecified atom stereocenters. The minimum absolute atomic E-state index is 0.0729.